The van der Waals surface area contributed by atoms with E-state index < -0.39 is 10.0 Å². The van der Waals surface area contributed by atoms with Crippen LogP contribution in [0.4, 0.5) is 0 Å². The number of carbonyl (C=O) groups excluding carboxylic acids is 1. The van der Waals surface area contributed by atoms with Crippen LogP contribution in [0.2, 0.25) is 0 Å². The second-order valence-electron chi connectivity index (χ2n) is 7.58. The van der Waals surface area contributed by atoms with E-state index >= 15 is 0 Å². The molecule has 1 aromatic carbocycles. The predicted octanol–water partition coefficient (Wildman–Crippen LogP) is 0.271. The van der Waals surface area contributed by atoms with Crippen molar-refractivity contribution in [3.05, 3.63) is 30.3 Å². The van der Waals surface area contributed by atoms with E-state index in [-0.39, 0.29) is 5.91 Å². The Kier molecular flexibility index (Phi) is 6.32. The van der Waals surface area contributed by atoms with E-state index in [0.717, 1.165) is 11.3 Å². The van der Waals surface area contributed by atoms with Crippen molar-refractivity contribution in [2.24, 2.45) is 5.92 Å². The van der Waals surface area contributed by atoms with Gasteiger partial charge in [-0.3, -0.25) is 4.79 Å². The van der Waals surface area contributed by atoms with Crippen LogP contribution in [0.1, 0.15) is 32.6 Å². The van der Waals surface area contributed by atoms with Crippen molar-refractivity contribution in [1.82, 2.24) is 9.62 Å². The molecule has 2 N–H and O–H groups in total. The van der Waals surface area contributed by atoms with E-state index in [1.165, 1.54) is 23.6 Å². The molecule has 2 aliphatic rings. The van der Waals surface area contributed by atoms with Gasteiger partial charge in [-0.15, -0.1) is 0 Å². The van der Waals surface area contributed by atoms with Crippen LogP contribution in [-0.2, 0) is 14.8 Å². The first-order valence-electron chi connectivity index (χ1n) is 9.65. The van der Waals surface area contributed by atoms with E-state index in [4.69, 9.17) is 0 Å². The summed E-state index contributed by atoms with van der Waals surface area (Å²) in [4.78, 5) is 13.9. The Balaban J connectivity index is 1.48. The largest absolute Gasteiger partial charge is 0.348 e. The lowest BCUT2D eigenvalue weighted by molar-refractivity contribution is -0.895. The molecule has 2 atom stereocenters. The van der Waals surface area contributed by atoms with Crippen molar-refractivity contribution in [3.8, 4) is 0 Å². The number of rotatable bonds is 5. The van der Waals surface area contributed by atoms with Crippen LogP contribution < -0.4 is 10.2 Å². The SMILES string of the molecule is C[C@@H]1CCCC[C@H]1NC(=O)C[NH+]1CCN(S(=O)(=O)c2ccccc2)CC1. The van der Waals surface area contributed by atoms with Crippen LogP contribution in [0.15, 0.2) is 35.2 Å². The van der Waals surface area contributed by atoms with Gasteiger partial charge in [0.05, 0.1) is 31.1 Å². The summed E-state index contributed by atoms with van der Waals surface area (Å²) in [6.45, 7) is 4.89. The van der Waals surface area contributed by atoms with Crippen molar-refractivity contribution < 1.29 is 18.1 Å². The summed E-state index contributed by atoms with van der Waals surface area (Å²) < 4.78 is 26.8. The number of amides is 1. The van der Waals surface area contributed by atoms with Crippen molar-refractivity contribution in [1.29, 1.82) is 0 Å². The van der Waals surface area contributed by atoms with Crippen LogP contribution >= 0.6 is 0 Å². The maximum Gasteiger partial charge on any atom is 0.275 e. The van der Waals surface area contributed by atoms with Gasteiger partial charge < -0.3 is 10.2 Å². The number of benzene rings is 1. The molecule has 7 heteroatoms. The van der Waals surface area contributed by atoms with E-state index in [2.05, 4.69) is 12.2 Å². The summed E-state index contributed by atoms with van der Waals surface area (Å²) in [5, 5.41) is 3.19. The Hall–Kier alpha value is -1.44. The zero-order valence-electron chi connectivity index (χ0n) is 15.5. The van der Waals surface area contributed by atoms with Gasteiger partial charge in [-0.05, 0) is 30.9 Å². The number of quaternary nitrogens is 1. The molecule has 1 aliphatic heterocycles. The third-order valence-corrected chi connectivity index (χ3v) is 7.59. The molecule has 0 radical (unpaired) electrons. The quantitative estimate of drug-likeness (QED) is 0.770. The highest BCUT2D eigenvalue weighted by Gasteiger charge is 2.31. The maximum atomic E-state index is 12.7. The number of nitrogens with one attached hydrogen (secondary N) is 2. The molecule has 6 nitrogen and oxygen atoms in total. The second-order valence-corrected chi connectivity index (χ2v) is 9.52. The monoisotopic (exact) mass is 380 g/mol. The smallest absolute Gasteiger partial charge is 0.275 e. The Morgan fingerprint density at radius 3 is 2.46 bits per heavy atom. The zero-order valence-corrected chi connectivity index (χ0v) is 16.3. The molecule has 0 spiro atoms. The minimum absolute atomic E-state index is 0.0955. The van der Waals surface area contributed by atoms with Crippen molar-refractivity contribution in [2.75, 3.05) is 32.7 Å². The number of sulfonamides is 1. The number of hydrogen-bond acceptors (Lipinski definition) is 3. The van der Waals surface area contributed by atoms with Gasteiger partial charge in [-0.25, -0.2) is 8.42 Å². The highest BCUT2D eigenvalue weighted by Crippen LogP contribution is 2.23. The standard InChI is InChI=1S/C19H29N3O3S/c1-16-7-5-6-10-18(16)20-19(23)15-21-11-13-22(14-12-21)26(24,25)17-8-3-2-4-9-17/h2-4,8-9,16,18H,5-7,10-15H2,1H3,(H,20,23)/p+1/t16-,18-/m1/s1. The van der Waals surface area contributed by atoms with Gasteiger partial charge in [-0.2, -0.15) is 4.31 Å². The average Bonchev–Trinajstić information content (AvgIpc) is 2.65. The van der Waals surface area contributed by atoms with Gasteiger partial charge in [0.1, 0.15) is 0 Å². The highest BCUT2D eigenvalue weighted by atomic mass is 32.2. The summed E-state index contributed by atoms with van der Waals surface area (Å²) in [6.07, 6.45) is 4.72. The fourth-order valence-electron chi connectivity index (χ4n) is 3.98. The summed E-state index contributed by atoms with van der Waals surface area (Å²) in [6, 6.07) is 8.86. The third-order valence-electron chi connectivity index (χ3n) is 5.68. The topological polar surface area (TPSA) is 70.9 Å². The van der Waals surface area contributed by atoms with E-state index in [1.54, 1.807) is 24.3 Å². The lowest BCUT2D eigenvalue weighted by atomic mass is 9.86. The van der Waals surface area contributed by atoms with Gasteiger partial charge in [0, 0.05) is 6.04 Å². The Labute approximate surface area is 156 Å². The summed E-state index contributed by atoms with van der Waals surface area (Å²) >= 11 is 0. The molecule has 0 aromatic heterocycles. The summed E-state index contributed by atoms with van der Waals surface area (Å²) in [5.41, 5.74) is 0. The average molecular weight is 381 g/mol. The molecular formula is C19H30N3O3S+. The molecule has 0 unspecified atom stereocenters. The first-order chi connectivity index (χ1) is 12.5. The minimum atomic E-state index is -3.42. The lowest BCUT2D eigenvalue weighted by Gasteiger charge is -2.33. The summed E-state index contributed by atoms with van der Waals surface area (Å²) in [7, 11) is -3.42. The first kappa shape index (κ1) is 19.3. The van der Waals surface area contributed by atoms with E-state index in [9.17, 15) is 13.2 Å². The normalized spacial score (nSPS) is 25.7. The predicted molar refractivity (Wildman–Crippen MR) is 100 cm³/mol. The molecule has 0 bridgehead atoms. The van der Waals surface area contributed by atoms with Crippen LogP contribution in [0, 0.1) is 5.92 Å². The van der Waals surface area contributed by atoms with Gasteiger partial charge in [0.25, 0.3) is 5.91 Å². The molecule has 1 heterocycles. The van der Waals surface area contributed by atoms with E-state index in [0.29, 0.717) is 49.6 Å². The Morgan fingerprint density at radius 1 is 1.15 bits per heavy atom. The van der Waals surface area contributed by atoms with Crippen LogP contribution in [0.25, 0.3) is 0 Å². The molecule has 1 saturated carbocycles. The molecule has 144 valence electrons. The Morgan fingerprint density at radius 2 is 1.81 bits per heavy atom. The first-order valence-corrected chi connectivity index (χ1v) is 11.1. The molecule has 1 aliphatic carbocycles. The summed E-state index contributed by atoms with van der Waals surface area (Å²) in [5.74, 6) is 0.647. The van der Waals surface area contributed by atoms with Gasteiger partial charge in [0.2, 0.25) is 10.0 Å². The fourth-order valence-corrected chi connectivity index (χ4v) is 5.44. The van der Waals surface area contributed by atoms with Gasteiger partial charge in [-0.1, -0.05) is 38.0 Å². The second kappa shape index (κ2) is 8.50. The molecule has 3 rings (SSSR count). The van der Waals surface area contributed by atoms with Crippen molar-refractivity contribution in [3.63, 3.8) is 0 Å². The number of carbonyl (C=O) groups is 1. The third kappa shape index (κ3) is 4.64. The number of nitrogens with zero attached hydrogens (tertiary/aromatic N) is 1. The minimum Gasteiger partial charge on any atom is -0.348 e. The number of piperazine rings is 1. The number of hydrogen-bond donors (Lipinski definition) is 2. The fraction of sp³-hybridized carbons (Fsp3) is 0.632. The van der Waals surface area contributed by atoms with E-state index in [1.807, 2.05) is 6.07 Å². The maximum absolute atomic E-state index is 12.7. The molecular weight excluding hydrogens is 350 g/mol. The lowest BCUT2D eigenvalue weighted by Crippen LogP contribution is -3.15. The highest BCUT2D eigenvalue weighted by molar-refractivity contribution is 7.89. The molecule has 1 saturated heterocycles. The molecule has 26 heavy (non-hydrogen) atoms. The molecule has 1 amide bonds. The van der Waals surface area contributed by atoms with Crippen molar-refractivity contribution >= 4 is 15.9 Å². The van der Waals surface area contributed by atoms with Crippen LogP contribution in [-0.4, -0.2) is 57.4 Å². The molecule has 1 aromatic rings. The van der Waals surface area contributed by atoms with Gasteiger partial charge in [0.15, 0.2) is 6.54 Å². The zero-order chi connectivity index (χ0) is 18.6. The van der Waals surface area contributed by atoms with Gasteiger partial charge >= 0.3 is 0 Å². The van der Waals surface area contributed by atoms with Crippen LogP contribution in [0.3, 0.4) is 0 Å². The Bertz CT molecular complexity index is 700. The van der Waals surface area contributed by atoms with Crippen molar-refractivity contribution in [2.45, 2.75) is 43.5 Å². The molecule has 2 fully saturated rings. The van der Waals surface area contributed by atoms with Crippen LogP contribution in [0.5, 0.6) is 0 Å².